The second-order valence-electron chi connectivity index (χ2n) is 6.17. The fourth-order valence-electron chi connectivity index (χ4n) is 3.23. The van der Waals surface area contributed by atoms with E-state index in [-0.39, 0.29) is 17.5 Å². The Morgan fingerprint density at radius 3 is 2.73 bits per heavy atom. The Morgan fingerprint density at radius 1 is 1.32 bits per heavy atom. The molecule has 1 saturated heterocycles. The molecule has 5 nitrogen and oxygen atoms in total. The third-order valence-corrected chi connectivity index (χ3v) is 4.46. The maximum absolute atomic E-state index is 12.7. The van der Waals surface area contributed by atoms with Crippen molar-refractivity contribution >= 4 is 5.78 Å². The van der Waals surface area contributed by atoms with Crippen LogP contribution in [0.4, 0.5) is 0 Å². The molecule has 3 N–H and O–H groups in total. The van der Waals surface area contributed by atoms with Gasteiger partial charge in [0.1, 0.15) is 23.7 Å². The van der Waals surface area contributed by atoms with Gasteiger partial charge in [-0.2, -0.15) is 0 Å². The van der Waals surface area contributed by atoms with E-state index in [2.05, 4.69) is 0 Å². The highest BCUT2D eigenvalue weighted by Crippen LogP contribution is 2.39. The van der Waals surface area contributed by atoms with Crippen LogP contribution in [0, 0.1) is 5.92 Å². The van der Waals surface area contributed by atoms with Crippen molar-refractivity contribution in [1.29, 1.82) is 0 Å². The zero-order valence-electron chi connectivity index (χ0n) is 12.6. The van der Waals surface area contributed by atoms with E-state index in [4.69, 9.17) is 4.74 Å². The van der Waals surface area contributed by atoms with Crippen LogP contribution in [0.15, 0.2) is 46.5 Å². The Labute approximate surface area is 128 Å². The van der Waals surface area contributed by atoms with Gasteiger partial charge in [-0.3, -0.25) is 4.79 Å². The van der Waals surface area contributed by atoms with Gasteiger partial charge in [0.2, 0.25) is 0 Å². The maximum Gasteiger partial charge on any atom is 0.173 e. The second-order valence-corrected chi connectivity index (χ2v) is 6.17. The Kier molecular flexibility index (Phi) is 3.70. The summed E-state index contributed by atoms with van der Waals surface area (Å²) in [4.78, 5) is 12.7. The lowest BCUT2D eigenvalue weighted by atomic mass is 9.80. The number of carbonyl (C=O) groups excluding carboxylic acids is 1. The van der Waals surface area contributed by atoms with Crippen LogP contribution >= 0.6 is 0 Å². The van der Waals surface area contributed by atoms with Crippen LogP contribution in [0.1, 0.15) is 26.7 Å². The van der Waals surface area contributed by atoms with Crippen LogP contribution < -0.4 is 0 Å². The molecule has 3 rings (SSSR count). The molecule has 1 aliphatic heterocycles. The first-order valence-electron chi connectivity index (χ1n) is 7.48. The van der Waals surface area contributed by atoms with Crippen LogP contribution in [0.5, 0.6) is 0 Å². The average molecular weight is 304 g/mol. The number of Topliss-reactive ketones (excluding diaryl/α,β-unsaturated/α-hetero) is 1. The standard InChI is InChI=1S/C17H20O5/c1-8-5-11(18)7-14-15(8)16(21)9(2)17(22-14)10-3-4-12(19)13(20)6-10/h3,6-7,9,11-12,17-20H,4-5H2,1-2H3. The normalized spacial score (nSPS) is 35.3. The predicted molar refractivity (Wildman–Crippen MR) is 79.9 cm³/mol. The van der Waals surface area contributed by atoms with Gasteiger partial charge in [-0.25, -0.2) is 0 Å². The molecule has 0 aromatic rings. The number of allylic oxidation sites excluding steroid dienone is 1. The van der Waals surface area contributed by atoms with Gasteiger partial charge in [0, 0.05) is 0 Å². The maximum atomic E-state index is 12.7. The quantitative estimate of drug-likeness (QED) is 0.686. The lowest BCUT2D eigenvalue weighted by Crippen LogP contribution is -2.39. The molecule has 0 amide bonds. The first-order chi connectivity index (χ1) is 10.4. The SMILES string of the molecule is CC1=C2C(=O)C(C)C(C3=CCC(O)C(O)=C3)OC2=CC(O)C1. The van der Waals surface area contributed by atoms with Gasteiger partial charge in [0.05, 0.1) is 17.6 Å². The van der Waals surface area contributed by atoms with E-state index < -0.39 is 18.3 Å². The van der Waals surface area contributed by atoms with E-state index in [0.29, 0.717) is 29.7 Å². The number of aliphatic hydroxyl groups is 3. The van der Waals surface area contributed by atoms with Gasteiger partial charge in [-0.1, -0.05) is 18.6 Å². The third kappa shape index (κ3) is 2.40. The molecule has 1 fully saturated rings. The summed E-state index contributed by atoms with van der Waals surface area (Å²) in [5.41, 5.74) is 2.09. The second kappa shape index (κ2) is 5.41. The molecular formula is C17H20O5. The Bertz CT molecular complexity index is 637. The molecule has 0 aromatic heterocycles. The van der Waals surface area contributed by atoms with Crippen molar-refractivity contribution < 1.29 is 24.9 Å². The van der Waals surface area contributed by atoms with E-state index in [0.717, 1.165) is 5.57 Å². The summed E-state index contributed by atoms with van der Waals surface area (Å²) in [5, 5.41) is 29.1. The minimum atomic E-state index is -0.897. The summed E-state index contributed by atoms with van der Waals surface area (Å²) >= 11 is 0. The topological polar surface area (TPSA) is 87.0 Å². The molecule has 118 valence electrons. The monoisotopic (exact) mass is 304 g/mol. The first-order valence-corrected chi connectivity index (χ1v) is 7.48. The molecule has 3 aliphatic rings. The Hall–Kier alpha value is -1.85. The van der Waals surface area contributed by atoms with E-state index in [1.54, 1.807) is 19.1 Å². The molecule has 22 heavy (non-hydrogen) atoms. The van der Waals surface area contributed by atoms with Crippen molar-refractivity contribution in [2.45, 2.75) is 45.0 Å². The van der Waals surface area contributed by atoms with E-state index >= 15 is 0 Å². The highest BCUT2D eigenvalue weighted by atomic mass is 16.5. The highest BCUT2D eigenvalue weighted by molar-refractivity contribution is 6.03. The summed E-state index contributed by atoms with van der Waals surface area (Å²) in [6, 6.07) is 0. The molecule has 1 heterocycles. The van der Waals surface area contributed by atoms with E-state index in [9.17, 15) is 20.1 Å². The predicted octanol–water partition coefficient (Wildman–Crippen LogP) is 1.69. The Balaban J connectivity index is 1.95. The average Bonchev–Trinajstić information content (AvgIpc) is 2.45. The number of hydrogen-bond acceptors (Lipinski definition) is 5. The molecule has 5 heteroatoms. The van der Waals surface area contributed by atoms with E-state index in [1.807, 2.05) is 6.92 Å². The lowest BCUT2D eigenvalue weighted by Gasteiger charge is -2.36. The molecule has 0 bridgehead atoms. The number of carbonyl (C=O) groups is 1. The van der Waals surface area contributed by atoms with Gasteiger partial charge >= 0.3 is 0 Å². The largest absolute Gasteiger partial charge is 0.510 e. The van der Waals surface area contributed by atoms with Crippen molar-refractivity contribution in [3.8, 4) is 0 Å². The summed E-state index contributed by atoms with van der Waals surface area (Å²) in [6.07, 6.45) is 3.49. The van der Waals surface area contributed by atoms with Crippen LogP contribution in [0.25, 0.3) is 0 Å². The summed E-state index contributed by atoms with van der Waals surface area (Å²) in [7, 11) is 0. The fourth-order valence-corrected chi connectivity index (χ4v) is 3.23. The first kappa shape index (κ1) is 15.1. The zero-order valence-corrected chi connectivity index (χ0v) is 12.6. The molecular weight excluding hydrogens is 284 g/mol. The van der Waals surface area contributed by atoms with Crippen molar-refractivity contribution in [2.24, 2.45) is 5.92 Å². The lowest BCUT2D eigenvalue weighted by molar-refractivity contribution is -0.124. The minimum Gasteiger partial charge on any atom is -0.510 e. The van der Waals surface area contributed by atoms with Crippen molar-refractivity contribution in [1.82, 2.24) is 0 Å². The summed E-state index contributed by atoms with van der Waals surface area (Å²) in [6.45, 7) is 3.63. The number of fused-ring (bicyclic) bond motifs is 1. The van der Waals surface area contributed by atoms with Gasteiger partial charge in [-0.05, 0) is 37.5 Å². The fraction of sp³-hybridized carbons (Fsp3) is 0.471. The third-order valence-electron chi connectivity index (χ3n) is 4.46. The van der Waals surface area contributed by atoms with Crippen LogP contribution in [-0.2, 0) is 9.53 Å². The van der Waals surface area contributed by atoms with Gasteiger partial charge in [0.25, 0.3) is 0 Å². The van der Waals surface area contributed by atoms with Crippen LogP contribution in [0.3, 0.4) is 0 Å². The van der Waals surface area contributed by atoms with Gasteiger partial charge in [0.15, 0.2) is 5.78 Å². The van der Waals surface area contributed by atoms with Crippen molar-refractivity contribution in [3.05, 3.63) is 46.5 Å². The van der Waals surface area contributed by atoms with Crippen molar-refractivity contribution in [2.75, 3.05) is 0 Å². The number of ketones is 1. The molecule has 0 radical (unpaired) electrons. The van der Waals surface area contributed by atoms with Crippen molar-refractivity contribution in [3.63, 3.8) is 0 Å². The van der Waals surface area contributed by atoms with Crippen LogP contribution in [0.2, 0.25) is 0 Å². The molecule has 0 saturated carbocycles. The number of hydrogen-bond donors (Lipinski definition) is 3. The smallest absolute Gasteiger partial charge is 0.173 e. The number of ether oxygens (including phenoxy) is 1. The minimum absolute atomic E-state index is 0.00758. The molecule has 0 aromatic carbocycles. The molecule has 0 spiro atoms. The van der Waals surface area contributed by atoms with Gasteiger partial charge < -0.3 is 20.1 Å². The Morgan fingerprint density at radius 2 is 2.05 bits per heavy atom. The summed E-state index contributed by atoms with van der Waals surface area (Å²) in [5.74, 6) is -0.0881. The molecule has 2 aliphatic carbocycles. The number of aliphatic hydroxyl groups excluding tert-OH is 3. The molecule has 4 unspecified atom stereocenters. The van der Waals surface area contributed by atoms with Crippen LogP contribution in [-0.4, -0.2) is 39.4 Å². The number of rotatable bonds is 1. The van der Waals surface area contributed by atoms with E-state index in [1.165, 1.54) is 6.08 Å². The summed E-state index contributed by atoms with van der Waals surface area (Å²) < 4.78 is 5.95. The zero-order chi connectivity index (χ0) is 16.0. The van der Waals surface area contributed by atoms with Gasteiger partial charge in [-0.15, -0.1) is 0 Å². The molecule has 4 atom stereocenters. The highest BCUT2D eigenvalue weighted by Gasteiger charge is 2.40.